The predicted molar refractivity (Wildman–Crippen MR) is 80.2 cm³/mol. The Morgan fingerprint density at radius 2 is 2.25 bits per heavy atom. The van der Waals surface area contributed by atoms with Crippen LogP contribution in [0.3, 0.4) is 0 Å². The number of hydrogen-bond acceptors (Lipinski definition) is 6. The van der Waals surface area contributed by atoms with Crippen molar-refractivity contribution in [3.05, 3.63) is 11.1 Å². The highest BCUT2D eigenvalue weighted by Gasteiger charge is 2.30. The molecule has 5 nitrogen and oxygen atoms in total. The van der Waals surface area contributed by atoms with Crippen molar-refractivity contribution in [3.63, 3.8) is 0 Å². The number of anilines is 1. The molecule has 1 unspecified atom stereocenters. The van der Waals surface area contributed by atoms with Gasteiger partial charge in [-0.25, -0.2) is 4.98 Å². The SMILES string of the molecule is O=C(CCl)c1csc(N2CCC(N3CCOCC3)C2)n1. The van der Waals surface area contributed by atoms with Crippen molar-refractivity contribution in [1.82, 2.24) is 9.88 Å². The van der Waals surface area contributed by atoms with Gasteiger partial charge >= 0.3 is 0 Å². The molecule has 3 rings (SSSR count). The topological polar surface area (TPSA) is 45.7 Å². The van der Waals surface area contributed by atoms with Gasteiger partial charge in [0, 0.05) is 37.6 Å². The molecule has 0 spiro atoms. The second-order valence-corrected chi connectivity index (χ2v) is 6.21. The fourth-order valence-corrected chi connectivity index (χ4v) is 3.77. The zero-order valence-electron chi connectivity index (χ0n) is 11.3. The quantitative estimate of drug-likeness (QED) is 0.622. The number of alkyl halides is 1. The maximum Gasteiger partial charge on any atom is 0.196 e. The molecule has 1 aromatic rings. The van der Waals surface area contributed by atoms with Crippen molar-refractivity contribution >= 4 is 33.9 Å². The van der Waals surface area contributed by atoms with Gasteiger partial charge in [-0.05, 0) is 6.42 Å². The van der Waals surface area contributed by atoms with E-state index in [2.05, 4.69) is 14.8 Å². The monoisotopic (exact) mass is 315 g/mol. The maximum atomic E-state index is 11.5. The Bertz CT molecular complexity index is 476. The molecule has 7 heteroatoms. The number of thiazole rings is 1. The van der Waals surface area contributed by atoms with Gasteiger partial charge in [0.05, 0.1) is 19.1 Å². The summed E-state index contributed by atoms with van der Waals surface area (Å²) in [5.41, 5.74) is 0.495. The van der Waals surface area contributed by atoms with Crippen LogP contribution in [-0.4, -0.2) is 67.0 Å². The number of carbonyl (C=O) groups is 1. The summed E-state index contributed by atoms with van der Waals surface area (Å²) in [6.45, 7) is 5.70. The molecule has 0 radical (unpaired) electrons. The van der Waals surface area contributed by atoms with Crippen LogP contribution in [0, 0.1) is 0 Å². The van der Waals surface area contributed by atoms with Crippen molar-refractivity contribution in [1.29, 1.82) is 0 Å². The highest BCUT2D eigenvalue weighted by molar-refractivity contribution is 7.14. The van der Waals surface area contributed by atoms with Crippen LogP contribution in [0.15, 0.2) is 5.38 Å². The molecule has 1 atom stereocenters. The zero-order valence-corrected chi connectivity index (χ0v) is 12.8. The van der Waals surface area contributed by atoms with Gasteiger partial charge in [-0.2, -0.15) is 0 Å². The minimum atomic E-state index is -0.0990. The first-order valence-electron chi connectivity index (χ1n) is 6.89. The molecule has 0 N–H and O–H groups in total. The number of hydrogen-bond donors (Lipinski definition) is 0. The Morgan fingerprint density at radius 1 is 1.45 bits per heavy atom. The number of Topliss-reactive ketones (excluding diaryl/α,β-unsaturated/α-hetero) is 1. The van der Waals surface area contributed by atoms with E-state index in [1.807, 2.05) is 5.38 Å². The largest absolute Gasteiger partial charge is 0.379 e. The van der Waals surface area contributed by atoms with E-state index in [4.69, 9.17) is 16.3 Å². The number of halogens is 1. The van der Waals surface area contributed by atoms with Crippen LogP contribution in [0.1, 0.15) is 16.9 Å². The second-order valence-electron chi connectivity index (χ2n) is 5.11. The van der Waals surface area contributed by atoms with Gasteiger partial charge in [0.1, 0.15) is 5.69 Å². The normalized spacial score (nSPS) is 24.2. The second kappa shape index (κ2) is 6.39. The molecule has 0 amide bonds. The summed E-state index contributed by atoms with van der Waals surface area (Å²) in [6.07, 6.45) is 1.15. The minimum Gasteiger partial charge on any atom is -0.379 e. The van der Waals surface area contributed by atoms with Crippen LogP contribution in [0.2, 0.25) is 0 Å². The third kappa shape index (κ3) is 2.98. The standard InChI is InChI=1S/C13H18ClN3O2S/c14-7-12(18)11-9-20-13(15-11)17-2-1-10(8-17)16-3-5-19-6-4-16/h9-10H,1-8H2. The molecule has 1 aromatic heterocycles. The number of ketones is 1. The first kappa shape index (κ1) is 14.3. The third-order valence-electron chi connectivity index (χ3n) is 3.90. The number of ether oxygens (including phenoxy) is 1. The van der Waals surface area contributed by atoms with E-state index in [9.17, 15) is 4.79 Å². The Morgan fingerprint density at radius 3 is 3.00 bits per heavy atom. The van der Waals surface area contributed by atoms with E-state index in [1.165, 1.54) is 11.3 Å². The summed E-state index contributed by atoms with van der Waals surface area (Å²) in [4.78, 5) is 20.7. The zero-order chi connectivity index (χ0) is 13.9. The smallest absolute Gasteiger partial charge is 0.196 e. The predicted octanol–water partition coefficient (Wildman–Crippen LogP) is 1.48. The Balaban J connectivity index is 1.61. The van der Waals surface area contributed by atoms with E-state index in [0.29, 0.717) is 11.7 Å². The Labute approximate surface area is 127 Å². The van der Waals surface area contributed by atoms with Gasteiger partial charge in [0.2, 0.25) is 0 Å². The highest BCUT2D eigenvalue weighted by Crippen LogP contribution is 2.27. The molecular formula is C13H18ClN3O2S. The fraction of sp³-hybridized carbons (Fsp3) is 0.692. The van der Waals surface area contributed by atoms with Crippen LogP contribution >= 0.6 is 22.9 Å². The minimum absolute atomic E-state index is 0.000421. The summed E-state index contributed by atoms with van der Waals surface area (Å²) in [6, 6.07) is 0.579. The van der Waals surface area contributed by atoms with E-state index in [-0.39, 0.29) is 11.7 Å². The molecule has 2 aliphatic heterocycles. The fourth-order valence-electron chi connectivity index (χ4n) is 2.76. The number of nitrogens with zero attached hydrogens (tertiary/aromatic N) is 3. The van der Waals surface area contributed by atoms with E-state index >= 15 is 0 Å². The van der Waals surface area contributed by atoms with Gasteiger partial charge in [0.25, 0.3) is 0 Å². The molecule has 2 aliphatic rings. The summed E-state index contributed by atoms with van der Waals surface area (Å²) >= 11 is 7.09. The van der Waals surface area contributed by atoms with Gasteiger partial charge in [-0.15, -0.1) is 22.9 Å². The molecule has 0 bridgehead atoms. The molecule has 110 valence electrons. The molecule has 0 aliphatic carbocycles. The lowest BCUT2D eigenvalue weighted by molar-refractivity contribution is 0.0209. The number of carbonyl (C=O) groups excluding carboxylic acids is 1. The van der Waals surface area contributed by atoms with Gasteiger partial charge in [0.15, 0.2) is 10.9 Å². The molecule has 2 fully saturated rings. The molecule has 0 aromatic carbocycles. The van der Waals surface area contributed by atoms with Crippen LogP contribution in [0.5, 0.6) is 0 Å². The molecular weight excluding hydrogens is 298 g/mol. The third-order valence-corrected chi connectivity index (χ3v) is 5.04. The number of rotatable bonds is 4. The van der Waals surface area contributed by atoms with Crippen molar-refractivity contribution in [2.45, 2.75) is 12.5 Å². The summed E-state index contributed by atoms with van der Waals surface area (Å²) in [5.74, 6) is -0.0994. The Hall–Kier alpha value is -0.690. The number of morpholine rings is 1. The van der Waals surface area contributed by atoms with Gasteiger partial charge in [-0.1, -0.05) is 0 Å². The maximum absolute atomic E-state index is 11.5. The highest BCUT2D eigenvalue weighted by atomic mass is 35.5. The van der Waals surface area contributed by atoms with Crippen LogP contribution in [0.25, 0.3) is 0 Å². The molecule has 2 saturated heterocycles. The molecule has 3 heterocycles. The van der Waals surface area contributed by atoms with Crippen molar-refractivity contribution in [3.8, 4) is 0 Å². The van der Waals surface area contributed by atoms with Crippen LogP contribution < -0.4 is 4.90 Å². The van der Waals surface area contributed by atoms with Gasteiger partial charge < -0.3 is 9.64 Å². The lowest BCUT2D eigenvalue weighted by Crippen LogP contribution is -2.44. The van der Waals surface area contributed by atoms with Crippen molar-refractivity contribution in [2.75, 3.05) is 50.2 Å². The lowest BCUT2D eigenvalue weighted by Gasteiger charge is -2.32. The van der Waals surface area contributed by atoms with Gasteiger partial charge in [-0.3, -0.25) is 9.69 Å². The van der Waals surface area contributed by atoms with E-state index in [0.717, 1.165) is 50.9 Å². The van der Waals surface area contributed by atoms with Crippen LogP contribution in [0.4, 0.5) is 5.13 Å². The molecule has 0 saturated carbocycles. The first-order valence-corrected chi connectivity index (χ1v) is 8.31. The molecule has 20 heavy (non-hydrogen) atoms. The first-order chi connectivity index (χ1) is 9.78. The summed E-state index contributed by atoms with van der Waals surface area (Å²) in [5, 5.41) is 2.75. The average Bonchev–Trinajstić information content (AvgIpc) is 3.16. The van der Waals surface area contributed by atoms with Crippen LogP contribution in [-0.2, 0) is 4.74 Å². The lowest BCUT2D eigenvalue weighted by atomic mass is 10.2. The number of aromatic nitrogens is 1. The Kier molecular flexibility index (Phi) is 4.55. The average molecular weight is 316 g/mol. The summed E-state index contributed by atoms with van der Waals surface area (Å²) in [7, 11) is 0. The van der Waals surface area contributed by atoms with E-state index < -0.39 is 0 Å². The van der Waals surface area contributed by atoms with Crippen molar-refractivity contribution in [2.24, 2.45) is 0 Å². The van der Waals surface area contributed by atoms with E-state index in [1.54, 1.807) is 0 Å². The summed E-state index contributed by atoms with van der Waals surface area (Å²) < 4.78 is 5.40. The van der Waals surface area contributed by atoms with Crippen molar-refractivity contribution < 1.29 is 9.53 Å².